The predicted octanol–water partition coefficient (Wildman–Crippen LogP) is 5.61. The van der Waals surface area contributed by atoms with Crippen molar-refractivity contribution in [3.63, 3.8) is 0 Å². The second kappa shape index (κ2) is 11.1. The van der Waals surface area contributed by atoms with Crippen LogP contribution in [0.5, 0.6) is 5.75 Å². The highest BCUT2D eigenvalue weighted by molar-refractivity contribution is 6.32. The first kappa shape index (κ1) is 25.7. The number of benzene rings is 2. The normalized spacial score (nSPS) is 12.2. The molecule has 4 aromatic rings. The third-order valence-electron chi connectivity index (χ3n) is 5.87. The van der Waals surface area contributed by atoms with Crippen molar-refractivity contribution in [1.29, 1.82) is 0 Å². The van der Waals surface area contributed by atoms with Gasteiger partial charge in [0.15, 0.2) is 0 Å². The average Bonchev–Trinajstić information content (AvgIpc) is 3.18. The summed E-state index contributed by atoms with van der Waals surface area (Å²) < 4.78 is 22.0. The number of amides is 1. The number of aromatic nitrogens is 2. The van der Waals surface area contributed by atoms with Crippen molar-refractivity contribution in [2.45, 2.75) is 45.8 Å². The van der Waals surface area contributed by atoms with E-state index in [4.69, 9.17) is 16.3 Å². The number of carbonyl (C=O) groups excluding carboxylic acids is 1. The Morgan fingerprint density at radius 1 is 1.19 bits per heavy atom. The Morgan fingerprint density at radius 2 is 1.94 bits per heavy atom. The zero-order chi connectivity index (χ0) is 25.8. The number of carbonyl (C=O) groups is 1. The second-order valence-electron chi connectivity index (χ2n) is 9.03. The van der Waals surface area contributed by atoms with Gasteiger partial charge in [-0.2, -0.15) is 4.39 Å². The number of aliphatic hydroxyl groups is 1. The molecule has 6 nitrogen and oxygen atoms in total. The van der Waals surface area contributed by atoms with Crippen LogP contribution in [0.1, 0.15) is 41.8 Å². The fraction of sp³-hybridized carbons (Fsp3) is 0.286. The molecule has 0 fully saturated rings. The van der Waals surface area contributed by atoms with Gasteiger partial charge in [0.05, 0.1) is 11.1 Å². The van der Waals surface area contributed by atoms with Gasteiger partial charge in [-0.3, -0.25) is 9.20 Å². The van der Waals surface area contributed by atoms with Crippen molar-refractivity contribution >= 4 is 23.2 Å². The van der Waals surface area contributed by atoms with Crippen LogP contribution >= 0.6 is 11.6 Å². The predicted molar refractivity (Wildman–Crippen MR) is 139 cm³/mol. The van der Waals surface area contributed by atoms with Crippen LogP contribution in [0.25, 0.3) is 16.9 Å². The molecule has 0 unspecified atom stereocenters. The molecule has 188 valence electrons. The van der Waals surface area contributed by atoms with E-state index in [0.717, 1.165) is 11.1 Å². The standard InChI is InChI=1S/C28H29ClFN3O3/c1-17(2)36-24-11-10-21(16-23(24)29)28(35)31-22(12-14-34)15-19-6-8-20(9-7-19)25-26(30)33-13-4-5-18(3)27(33)32-25/h4-11,13,16-17,22,34H,12,14-15H2,1-3H3,(H,31,35)/t22-/m1/s1. The minimum Gasteiger partial charge on any atom is -0.489 e. The Balaban J connectivity index is 1.47. The van der Waals surface area contributed by atoms with E-state index < -0.39 is 5.95 Å². The molecule has 2 heterocycles. The first-order valence-corrected chi connectivity index (χ1v) is 12.2. The molecule has 2 aromatic carbocycles. The van der Waals surface area contributed by atoms with E-state index in [0.29, 0.717) is 40.4 Å². The lowest BCUT2D eigenvalue weighted by molar-refractivity contribution is 0.0930. The van der Waals surface area contributed by atoms with E-state index in [1.54, 1.807) is 30.5 Å². The highest BCUT2D eigenvalue weighted by Crippen LogP contribution is 2.27. The van der Waals surface area contributed by atoms with Crippen LogP contribution in [0.4, 0.5) is 4.39 Å². The highest BCUT2D eigenvalue weighted by Gasteiger charge is 2.18. The van der Waals surface area contributed by atoms with Crippen LogP contribution in [0.15, 0.2) is 60.8 Å². The molecule has 0 saturated carbocycles. The van der Waals surface area contributed by atoms with Crippen LogP contribution in [-0.2, 0) is 6.42 Å². The maximum absolute atomic E-state index is 14.9. The minimum atomic E-state index is -0.407. The maximum Gasteiger partial charge on any atom is 0.251 e. The van der Waals surface area contributed by atoms with Gasteiger partial charge in [0.25, 0.3) is 5.91 Å². The maximum atomic E-state index is 14.9. The number of rotatable bonds is 9. The monoisotopic (exact) mass is 509 g/mol. The lowest BCUT2D eigenvalue weighted by atomic mass is 10.0. The Hall–Kier alpha value is -3.42. The summed E-state index contributed by atoms with van der Waals surface area (Å²) in [5, 5.41) is 12.9. The molecule has 1 atom stereocenters. The number of hydrogen-bond donors (Lipinski definition) is 2. The third kappa shape index (κ3) is 5.69. The van der Waals surface area contributed by atoms with Crippen molar-refractivity contribution < 1.29 is 19.0 Å². The average molecular weight is 510 g/mol. The molecule has 0 aliphatic rings. The van der Waals surface area contributed by atoms with E-state index in [-0.39, 0.29) is 30.4 Å². The van der Waals surface area contributed by atoms with Crippen molar-refractivity contribution in [2.75, 3.05) is 6.61 Å². The molecule has 0 spiro atoms. The van der Waals surface area contributed by atoms with Gasteiger partial charge < -0.3 is 15.2 Å². The van der Waals surface area contributed by atoms with Gasteiger partial charge in [0.1, 0.15) is 17.1 Å². The summed E-state index contributed by atoms with van der Waals surface area (Å²) in [6.45, 7) is 5.62. The summed E-state index contributed by atoms with van der Waals surface area (Å²) in [5.74, 6) is -0.173. The van der Waals surface area contributed by atoms with Gasteiger partial charge >= 0.3 is 0 Å². The summed E-state index contributed by atoms with van der Waals surface area (Å²) in [6.07, 6.45) is 2.51. The Labute approximate surface area is 214 Å². The molecule has 2 aromatic heterocycles. The van der Waals surface area contributed by atoms with Crippen LogP contribution < -0.4 is 10.1 Å². The summed E-state index contributed by atoms with van der Waals surface area (Å²) in [7, 11) is 0. The fourth-order valence-electron chi connectivity index (χ4n) is 4.08. The number of halogens is 2. The number of aryl methyl sites for hydroxylation is 1. The SMILES string of the molecule is Cc1cccn2c(F)c(-c3ccc(C[C@@H](CCO)NC(=O)c4ccc(OC(C)C)c(Cl)c4)cc3)nc12. The Bertz CT molecular complexity index is 1370. The molecule has 0 bridgehead atoms. The summed E-state index contributed by atoms with van der Waals surface area (Å²) in [4.78, 5) is 17.3. The fourth-order valence-corrected chi connectivity index (χ4v) is 4.31. The number of nitrogens with one attached hydrogen (secondary N) is 1. The van der Waals surface area contributed by atoms with E-state index in [1.165, 1.54) is 4.40 Å². The molecule has 0 aliphatic heterocycles. The lowest BCUT2D eigenvalue weighted by Crippen LogP contribution is -2.37. The zero-order valence-electron chi connectivity index (χ0n) is 20.5. The third-order valence-corrected chi connectivity index (χ3v) is 6.16. The molecule has 0 aliphatic carbocycles. The first-order chi connectivity index (χ1) is 17.3. The molecular weight excluding hydrogens is 481 g/mol. The van der Waals surface area contributed by atoms with Crippen molar-refractivity contribution in [1.82, 2.24) is 14.7 Å². The second-order valence-corrected chi connectivity index (χ2v) is 9.44. The topological polar surface area (TPSA) is 75.9 Å². The molecule has 0 radical (unpaired) electrons. The van der Waals surface area contributed by atoms with E-state index in [9.17, 15) is 14.3 Å². The molecule has 2 N–H and O–H groups in total. The van der Waals surface area contributed by atoms with Crippen LogP contribution in [0.2, 0.25) is 5.02 Å². The molecule has 8 heteroatoms. The molecule has 0 saturated heterocycles. The van der Waals surface area contributed by atoms with E-state index in [2.05, 4.69) is 10.3 Å². The number of imidazole rings is 1. The van der Waals surface area contributed by atoms with Gasteiger partial charge in [0, 0.05) is 30.0 Å². The van der Waals surface area contributed by atoms with Crippen LogP contribution in [0.3, 0.4) is 0 Å². The van der Waals surface area contributed by atoms with Crippen molar-refractivity contribution in [3.05, 3.63) is 88.5 Å². The molecule has 36 heavy (non-hydrogen) atoms. The van der Waals surface area contributed by atoms with E-state index >= 15 is 0 Å². The van der Waals surface area contributed by atoms with Gasteiger partial charge in [-0.05, 0) is 69.0 Å². The van der Waals surface area contributed by atoms with Gasteiger partial charge in [-0.25, -0.2) is 4.98 Å². The Kier molecular flexibility index (Phi) is 7.91. The van der Waals surface area contributed by atoms with Gasteiger partial charge in [0.2, 0.25) is 5.95 Å². The molecule has 4 rings (SSSR count). The highest BCUT2D eigenvalue weighted by atomic mass is 35.5. The Morgan fingerprint density at radius 3 is 2.58 bits per heavy atom. The van der Waals surface area contributed by atoms with Gasteiger partial charge in [-0.15, -0.1) is 0 Å². The summed E-state index contributed by atoms with van der Waals surface area (Å²) in [6, 6.07) is 15.7. The number of fused-ring (bicyclic) bond motifs is 1. The molecule has 1 amide bonds. The summed E-state index contributed by atoms with van der Waals surface area (Å²) >= 11 is 6.28. The van der Waals surface area contributed by atoms with Crippen molar-refractivity contribution in [3.8, 4) is 17.0 Å². The smallest absolute Gasteiger partial charge is 0.251 e. The first-order valence-electron chi connectivity index (χ1n) is 11.9. The quantitative estimate of drug-likeness (QED) is 0.307. The van der Waals surface area contributed by atoms with Gasteiger partial charge in [-0.1, -0.05) is 41.9 Å². The minimum absolute atomic E-state index is 0.0317. The summed E-state index contributed by atoms with van der Waals surface area (Å²) in [5.41, 5.74) is 3.79. The largest absolute Gasteiger partial charge is 0.489 e. The number of aliphatic hydroxyl groups excluding tert-OH is 1. The molecular formula is C28H29ClFN3O3. The van der Waals surface area contributed by atoms with Crippen LogP contribution in [0, 0.1) is 12.9 Å². The van der Waals surface area contributed by atoms with E-state index in [1.807, 2.05) is 51.1 Å². The number of nitrogens with zero attached hydrogens (tertiary/aromatic N) is 2. The number of hydrogen-bond acceptors (Lipinski definition) is 4. The lowest BCUT2D eigenvalue weighted by Gasteiger charge is -2.19. The number of ether oxygens (including phenoxy) is 1. The zero-order valence-corrected chi connectivity index (χ0v) is 21.2. The van der Waals surface area contributed by atoms with Crippen molar-refractivity contribution in [2.24, 2.45) is 0 Å². The van der Waals surface area contributed by atoms with Crippen LogP contribution in [-0.4, -0.2) is 39.2 Å². The number of pyridine rings is 1.